The molecular formula is C18H24NO+. The van der Waals surface area contributed by atoms with Crippen molar-refractivity contribution in [3.63, 3.8) is 0 Å². The molecule has 2 aromatic rings. The van der Waals surface area contributed by atoms with Crippen molar-refractivity contribution >= 4 is 0 Å². The lowest BCUT2D eigenvalue weighted by molar-refractivity contribution is 0.329. The lowest BCUT2D eigenvalue weighted by Gasteiger charge is -2.15. The summed E-state index contributed by atoms with van der Waals surface area (Å²) in [6, 6.07) is 8.36. The Morgan fingerprint density at radius 3 is 1.60 bits per heavy atom. The molecular weight excluding hydrogens is 246 g/mol. The number of aromatic nitrogens is 1. The molecule has 0 saturated heterocycles. The molecule has 0 aliphatic heterocycles. The molecule has 2 nitrogen and oxygen atoms in total. The summed E-state index contributed by atoms with van der Waals surface area (Å²) in [4.78, 5) is 4.09. The molecule has 0 N–H and O–H groups in total. The number of rotatable bonds is 1. The Hall–Kier alpha value is -1.70. The lowest BCUT2D eigenvalue weighted by Crippen LogP contribution is -2.16. The summed E-state index contributed by atoms with van der Waals surface area (Å²) < 4.78 is 6.15. The van der Waals surface area contributed by atoms with Gasteiger partial charge in [-0.1, -0.05) is 0 Å². The monoisotopic (exact) mass is 270 g/mol. The zero-order valence-electron chi connectivity index (χ0n) is 13.3. The summed E-state index contributed by atoms with van der Waals surface area (Å²) in [6.07, 6.45) is 3.65. The van der Waals surface area contributed by atoms with E-state index in [-0.39, 0.29) is 10.8 Å². The highest BCUT2D eigenvalue weighted by atomic mass is 16.3. The second kappa shape index (κ2) is 5.01. The summed E-state index contributed by atoms with van der Waals surface area (Å²) in [5.41, 5.74) is 2.34. The van der Waals surface area contributed by atoms with E-state index in [2.05, 4.69) is 58.7 Å². The van der Waals surface area contributed by atoms with E-state index in [1.807, 2.05) is 24.5 Å². The Balaban J connectivity index is 2.64. The van der Waals surface area contributed by atoms with Crippen molar-refractivity contribution in [3.8, 4) is 11.1 Å². The first-order chi connectivity index (χ1) is 9.18. The fourth-order valence-corrected chi connectivity index (χ4v) is 1.95. The van der Waals surface area contributed by atoms with Crippen molar-refractivity contribution < 1.29 is 4.42 Å². The van der Waals surface area contributed by atoms with Gasteiger partial charge in [0, 0.05) is 24.5 Å². The molecule has 0 aliphatic rings. The average molecular weight is 270 g/mol. The number of hydrogen-bond acceptors (Lipinski definition) is 1. The molecule has 0 fully saturated rings. The number of hydrogen-bond donors (Lipinski definition) is 0. The van der Waals surface area contributed by atoms with Crippen LogP contribution in [0.2, 0.25) is 0 Å². The fourth-order valence-electron chi connectivity index (χ4n) is 1.95. The van der Waals surface area contributed by atoms with E-state index in [4.69, 9.17) is 4.42 Å². The van der Waals surface area contributed by atoms with E-state index in [1.165, 1.54) is 11.1 Å². The van der Waals surface area contributed by atoms with Gasteiger partial charge in [-0.05, 0) is 64.8 Å². The van der Waals surface area contributed by atoms with E-state index in [9.17, 15) is 0 Å². The lowest BCUT2D eigenvalue weighted by atomic mass is 9.88. The van der Waals surface area contributed by atoms with E-state index in [0.29, 0.717) is 0 Å². The highest BCUT2D eigenvalue weighted by Crippen LogP contribution is 2.33. The maximum absolute atomic E-state index is 6.15. The smallest absolute Gasteiger partial charge is 0.265 e. The van der Waals surface area contributed by atoms with Crippen LogP contribution in [0, 0.1) is 0 Å². The Labute approximate surface area is 121 Å². The van der Waals surface area contributed by atoms with Crippen molar-refractivity contribution in [2.75, 3.05) is 0 Å². The van der Waals surface area contributed by atoms with Gasteiger partial charge >= 0.3 is 11.5 Å². The summed E-state index contributed by atoms with van der Waals surface area (Å²) in [6.45, 7) is 13.1. The second-order valence-corrected chi connectivity index (χ2v) is 7.31. The average Bonchev–Trinajstić information content (AvgIpc) is 2.37. The quantitative estimate of drug-likeness (QED) is 0.664. The van der Waals surface area contributed by atoms with Crippen LogP contribution in [0.3, 0.4) is 0 Å². The molecule has 0 amide bonds. The minimum Gasteiger partial charge on any atom is -0.265 e. The first-order valence-electron chi connectivity index (χ1n) is 7.07. The molecule has 0 atom stereocenters. The van der Waals surface area contributed by atoms with E-state index < -0.39 is 0 Å². The van der Waals surface area contributed by atoms with Gasteiger partial charge in [-0.15, -0.1) is 0 Å². The third kappa shape index (κ3) is 3.24. The molecule has 2 heterocycles. The van der Waals surface area contributed by atoms with Crippen LogP contribution in [0.1, 0.15) is 53.1 Å². The molecule has 0 saturated carbocycles. The van der Waals surface area contributed by atoms with Crippen molar-refractivity contribution in [2.45, 2.75) is 52.4 Å². The Kier molecular flexibility index (Phi) is 3.68. The standard InChI is InChI=1S/C18H24NO/c1-17(2,3)15-11-14(13-7-9-19-10-8-13)12-16(20-15)18(4,5)6/h7-12H,1-6H3/q+1. The van der Waals surface area contributed by atoms with Gasteiger partial charge in [0.05, 0.1) is 10.8 Å². The summed E-state index contributed by atoms with van der Waals surface area (Å²) in [5, 5.41) is 0. The third-order valence-electron chi connectivity index (χ3n) is 3.29. The van der Waals surface area contributed by atoms with Gasteiger partial charge in [-0.2, -0.15) is 0 Å². The summed E-state index contributed by atoms with van der Waals surface area (Å²) >= 11 is 0. The van der Waals surface area contributed by atoms with Crippen molar-refractivity contribution in [3.05, 3.63) is 48.2 Å². The van der Waals surface area contributed by atoms with Gasteiger partial charge in [-0.25, -0.2) is 4.42 Å². The molecule has 0 aromatic carbocycles. The molecule has 0 aliphatic carbocycles. The first kappa shape index (κ1) is 14.7. The highest BCUT2D eigenvalue weighted by molar-refractivity contribution is 5.63. The molecule has 0 radical (unpaired) electrons. The Morgan fingerprint density at radius 1 is 0.750 bits per heavy atom. The topological polar surface area (TPSA) is 24.2 Å². The van der Waals surface area contributed by atoms with Crippen molar-refractivity contribution in [2.24, 2.45) is 0 Å². The maximum atomic E-state index is 6.15. The van der Waals surface area contributed by atoms with Gasteiger partial charge in [0.25, 0.3) is 0 Å². The highest BCUT2D eigenvalue weighted by Gasteiger charge is 2.33. The van der Waals surface area contributed by atoms with Crippen molar-refractivity contribution in [1.29, 1.82) is 0 Å². The van der Waals surface area contributed by atoms with Crippen LogP contribution in [0.4, 0.5) is 0 Å². The van der Waals surface area contributed by atoms with Gasteiger partial charge < -0.3 is 0 Å². The molecule has 0 spiro atoms. The minimum absolute atomic E-state index is 0.0109. The Bertz CT molecular complexity index is 557. The zero-order valence-corrected chi connectivity index (χ0v) is 13.3. The van der Waals surface area contributed by atoms with Gasteiger partial charge in [0.15, 0.2) is 0 Å². The normalized spacial score (nSPS) is 12.5. The van der Waals surface area contributed by atoms with E-state index in [1.54, 1.807) is 0 Å². The molecule has 0 unspecified atom stereocenters. The Morgan fingerprint density at radius 2 is 1.20 bits per heavy atom. The predicted molar refractivity (Wildman–Crippen MR) is 83.7 cm³/mol. The second-order valence-electron chi connectivity index (χ2n) is 7.31. The summed E-state index contributed by atoms with van der Waals surface area (Å²) in [5.74, 6) is 2.02. The number of pyridine rings is 1. The first-order valence-corrected chi connectivity index (χ1v) is 7.07. The zero-order chi connectivity index (χ0) is 15.0. The molecule has 106 valence electrons. The van der Waals surface area contributed by atoms with E-state index in [0.717, 1.165) is 11.5 Å². The molecule has 2 aromatic heterocycles. The van der Waals surface area contributed by atoms with Crippen LogP contribution < -0.4 is 0 Å². The summed E-state index contributed by atoms with van der Waals surface area (Å²) in [7, 11) is 0. The maximum Gasteiger partial charge on any atom is 0.335 e. The minimum atomic E-state index is -0.0109. The van der Waals surface area contributed by atoms with Crippen LogP contribution in [0.25, 0.3) is 11.1 Å². The predicted octanol–water partition coefficient (Wildman–Crippen LogP) is 5.22. The van der Waals surface area contributed by atoms with Crippen LogP contribution in [-0.2, 0) is 10.8 Å². The van der Waals surface area contributed by atoms with Crippen molar-refractivity contribution in [1.82, 2.24) is 4.98 Å². The third-order valence-corrected chi connectivity index (χ3v) is 3.29. The number of nitrogens with zero attached hydrogens (tertiary/aromatic N) is 1. The molecule has 20 heavy (non-hydrogen) atoms. The SMILES string of the molecule is CC(C)(C)c1cc(-c2ccncc2)cc(C(C)(C)C)[o+]1. The van der Waals surface area contributed by atoms with Gasteiger partial charge in [-0.3, -0.25) is 4.98 Å². The molecule has 2 heteroatoms. The van der Waals surface area contributed by atoms with Crippen LogP contribution in [0.15, 0.2) is 41.1 Å². The van der Waals surface area contributed by atoms with Gasteiger partial charge in [0.2, 0.25) is 0 Å². The van der Waals surface area contributed by atoms with Crippen LogP contribution in [0.5, 0.6) is 0 Å². The van der Waals surface area contributed by atoms with Crippen LogP contribution >= 0.6 is 0 Å². The van der Waals surface area contributed by atoms with E-state index >= 15 is 0 Å². The van der Waals surface area contributed by atoms with Crippen LogP contribution in [-0.4, -0.2) is 4.98 Å². The molecule has 0 bridgehead atoms. The molecule has 2 rings (SSSR count). The fraction of sp³-hybridized carbons (Fsp3) is 0.444. The largest absolute Gasteiger partial charge is 0.335 e. The van der Waals surface area contributed by atoms with Gasteiger partial charge in [0.1, 0.15) is 0 Å².